The van der Waals surface area contributed by atoms with Crippen LogP contribution in [0.15, 0.2) is 231 Å². The van der Waals surface area contributed by atoms with Crippen molar-refractivity contribution in [2.24, 2.45) is 0 Å². The van der Waals surface area contributed by atoms with Crippen LogP contribution in [0.3, 0.4) is 0 Å². The summed E-state index contributed by atoms with van der Waals surface area (Å²) in [4.78, 5) is 0. The number of para-hydroxylation sites is 3. The minimum absolute atomic E-state index is 0.521. The molecule has 11 aromatic rings. The standard InChI is InChI=1S/C55H38N2/c1-4-18-41(19-5-1)55(42-20-6-2-7-21-42,43-22-8-3-9-23-43)44-33-36-54-50(38-44)49-27-12-15-30-53(49)57(54)46-24-16-17-40(37-46)39-31-34-45(35-32-39)56-51-28-13-10-25-47(51)48-26-11-14-29-52(48)56/h1-38H. The maximum Gasteiger partial charge on any atom is 0.0701 e. The Balaban J connectivity index is 1.06. The van der Waals surface area contributed by atoms with Crippen LogP contribution in [0, 0.1) is 0 Å². The summed E-state index contributed by atoms with van der Waals surface area (Å²) in [7, 11) is 0. The zero-order valence-corrected chi connectivity index (χ0v) is 31.3. The van der Waals surface area contributed by atoms with Crippen molar-refractivity contribution < 1.29 is 0 Å². The van der Waals surface area contributed by atoms with Crippen molar-refractivity contribution in [1.29, 1.82) is 0 Å². The summed E-state index contributed by atoms with van der Waals surface area (Å²) < 4.78 is 4.80. The lowest BCUT2D eigenvalue weighted by Crippen LogP contribution is -2.30. The fourth-order valence-corrected chi connectivity index (χ4v) is 9.38. The molecule has 0 saturated carbocycles. The fourth-order valence-electron chi connectivity index (χ4n) is 9.38. The van der Waals surface area contributed by atoms with Gasteiger partial charge in [-0.15, -0.1) is 0 Å². The quantitative estimate of drug-likeness (QED) is 0.145. The highest BCUT2D eigenvalue weighted by Crippen LogP contribution is 2.47. The predicted octanol–water partition coefficient (Wildman–Crippen LogP) is 13.9. The number of hydrogen-bond donors (Lipinski definition) is 0. The van der Waals surface area contributed by atoms with E-state index in [0.29, 0.717) is 0 Å². The van der Waals surface area contributed by atoms with Gasteiger partial charge in [0.05, 0.1) is 27.5 Å². The van der Waals surface area contributed by atoms with Crippen LogP contribution in [0.4, 0.5) is 0 Å². The largest absolute Gasteiger partial charge is 0.309 e. The van der Waals surface area contributed by atoms with E-state index in [1.807, 2.05) is 0 Å². The van der Waals surface area contributed by atoms with Crippen molar-refractivity contribution in [3.63, 3.8) is 0 Å². The third-order valence-electron chi connectivity index (χ3n) is 11.9. The molecular formula is C55H38N2. The molecule has 2 heteroatoms. The van der Waals surface area contributed by atoms with E-state index in [9.17, 15) is 0 Å². The van der Waals surface area contributed by atoms with Gasteiger partial charge in [0.2, 0.25) is 0 Å². The topological polar surface area (TPSA) is 9.86 Å². The van der Waals surface area contributed by atoms with Crippen molar-refractivity contribution in [1.82, 2.24) is 9.13 Å². The third-order valence-corrected chi connectivity index (χ3v) is 11.9. The second-order valence-electron chi connectivity index (χ2n) is 14.9. The summed E-state index contributed by atoms with van der Waals surface area (Å²) in [5.41, 5.74) is 13.9. The van der Waals surface area contributed by atoms with Gasteiger partial charge in [0.25, 0.3) is 0 Å². The first kappa shape index (κ1) is 33.0. The van der Waals surface area contributed by atoms with Gasteiger partial charge in [-0.25, -0.2) is 0 Å². The fraction of sp³-hybridized carbons (Fsp3) is 0.0182. The molecule has 0 saturated heterocycles. The maximum absolute atomic E-state index is 2.44. The van der Waals surface area contributed by atoms with Gasteiger partial charge in [-0.1, -0.05) is 176 Å². The molecule has 0 amide bonds. The second-order valence-corrected chi connectivity index (χ2v) is 14.9. The number of benzene rings is 9. The highest BCUT2D eigenvalue weighted by atomic mass is 15.0. The lowest BCUT2D eigenvalue weighted by Gasteiger charge is -2.37. The average Bonchev–Trinajstić information content (AvgIpc) is 3.81. The highest BCUT2D eigenvalue weighted by Gasteiger charge is 2.38. The molecule has 11 rings (SSSR count). The van der Waals surface area contributed by atoms with Gasteiger partial charge in [0, 0.05) is 32.9 Å². The van der Waals surface area contributed by atoms with Crippen LogP contribution < -0.4 is 0 Å². The Bertz CT molecular complexity index is 3060. The Morgan fingerprint density at radius 1 is 0.246 bits per heavy atom. The second kappa shape index (κ2) is 13.4. The number of rotatable bonds is 7. The van der Waals surface area contributed by atoms with Gasteiger partial charge < -0.3 is 9.13 Å². The zero-order valence-electron chi connectivity index (χ0n) is 31.3. The molecule has 9 aromatic carbocycles. The van der Waals surface area contributed by atoms with Gasteiger partial charge >= 0.3 is 0 Å². The monoisotopic (exact) mass is 726 g/mol. The van der Waals surface area contributed by atoms with E-state index in [-0.39, 0.29) is 0 Å². The van der Waals surface area contributed by atoms with E-state index in [1.165, 1.54) is 77.0 Å². The molecule has 0 aliphatic rings. The molecule has 0 fully saturated rings. The van der Waals surface area contributed by atoms with Crippen LogP contribution in [-0.4, -0.2) is 9.13 Å². The third kappa shape index (κ3) is 5.18. The number of aromatic nitrogens is 2. The SMILES string of the molecule is c1ccc(C(c2ccccc2)(c2ccccc2)c2ccc3c(c2)c2ccccc2n3-c2cccc(-c3ccc(-n4c5ccccc5c5ccccc54)cc3)c2)cc1. The Labute approximate surface area is 332 Å². The summed E-state index contributed by atoms with van der Waals surface area (Å²) in [5.74, 6) is 0. The maximum atomic E-state index is 2.44. The van der Waals surface area contributed by atoms with Crippen LogP contribution >= 0.6 is 0 Å². The van der Waals surface area contributed by atoms with Gasteiger partial charge in [-0.2, -0.15) is 0 Å². The van der Waals surface area contributed by atoms with Crippen molar-refractivity contribution in [3.8, 4) is 22.5 Å². The predicted molar refractivity (Wildman–Crippen MR) is 239 cm³/mol. The van der Waals surface area contributed by atoms with Crippen molar-refractivity contribution in [2.75, 3.05) is 0 Å². The molecule has 2 nitrogen and oxygen atoms in total. The Morgan fingerprint density at radius 3 is 1.21 bits per heavy atom. The molecular weight excluding hydrogens is 689 g/mol. The molecule has 0 spiro atoms. The number of nitrogens with zero attached hydrogens (tertiary/aromatic N) is 2. The van der Waals surface area contributed by atoms with Gasteiger partial charge in [0.1, 0.15) is 0 Å². The Kier molecular flexibility index (Phi) is 7.75. The normalized spacial score (nSPS) is 11.9. The molecule has 0 unspecified atom stereocenters. The molecule has 0 atom stereocenters. The lowest BCUT2D eigenvalue weighted by atomic mass is 9.65. The van der Waals surface area contributed by atoms with Gasteiger partial charge in [0.15, 0.2) is 0 Å². The number of fused-ring (bicyclic) bond motifs is 6. The molecule has 0 N–H and O–H groups in total. The summed E-state index contributed by atoms with van der Waals surface area (Å²) in [6.07, 6.45) is 0. The molecule has 57 heavy (non-hydrogen) atoms. The molecule has 268 valence electrons. The van der Waals surface area contributed by atoms with Crippen LogP contribution in [0.5, 0.6) is 0 Å². The first-order valence-corrected chi connectivity index (χ1v) is 19.7. The molecule has 0 radical (unpaired) electrons. The Hall–Kier alpha value is -7.42. The lowest BCUT2D eigenvalue weighted by molar-refractivity contribution is 0.746. The summed E-state index contributed by atoms with van der Waals surface area (Å²) in [5, 5.41) is 5.01. The first-order valence-electron chi connectivity index (χ1n) is 19.7. The zero-order chi connectivity index (χ0) is 37.8. The summed E-state index contributed by atoms with van der Waals surface area (Å²) in [6, 6.07) is 84.2. The van der Waals surface area contributed by atoms with E-state index in [0.717, 1.165) is 11.4 Å². The molecule has 0 aliphatic heterocycles. The van der Waals surface area contributed by atoms with Crippen LogP contribution in [0.2, 0.25) is 0 Å². The van der Waals surface area contributed by atoms with E-state index >= 15 is 0 Å². The van der Waals surface area contributed by atoms with E-state index < -0.39 is 5.41 Å². The van der Waals surface area contributed by atoms with Crippen molar-refractivity contribution in [2.45, 2.75) is 5.41 Å². The average molecular weight is 727 g/mol. The molecule has 2 heterocycles. The summed E-state index contributed by atoms with van der Waals surface area (Å²) >= 11 is 0. The molecule has 0 aliphatic carbocycles. The smallest absolute Gasteiger partial charge is 0.0701 e. The first-order chi connectivity index (χ1) is 28.3. The van der Waals surface area contributed by atoms with Gasteiger partial charge in [-0.3, -0.25) is 0 Å². The molecule has 2 aromatic heterocycles. The van der Waals surface area contributed by atoms with Gasteiger partial charge in [-0.05, 0) is 88.0 Å². The number of hydrogen-bond acceptors (Lipinski definition) is 0. The summed E-state index contributed by atoms with van der Waals surface area (Å²) in [6.45, 7) is 0. The minimum atomic E-state index is -0.521. The van der Waals surface area contributed by atoms with Crippen LogP contribution in [0.25, 0.3) is 66.1 Å². The van der Waals surface area contributed by atoms with E-state index in [1.54, 1.807) is 0 Å². The van der Waals surface area contributed by atoms with E-state index in [4.69, 9.17) is 0 Å². The molecule has 0 bridgehead atoms. The van der Waals surface area contributed by atoms with Crippen molar-refractivity contribution >= 4 is 43.6 Å². The van der Waals surface area contributed by atoms with Crippen LogP contribution in [0.1, 0.15) is 22.3 Å². The van der Waals surface area contributed by atoms with E-state index in [2.05, 4.69) is 240 Å². The Morgan fingerprint density at radius 2 is 0.684 bits per heavy atom. The van der Waals surface area contributed by atoms with Crippen LogP contribution in [-0.2, 0) is 5.41 Å². The highest BCUT2D eigenvalue weighted by molar-refractivity contribution is 6.10. The minimum Gasteiger partial charge on any atom is -0.309 e. The van der Waals surface area contributed by atoms with Crippen molar-refractivity contribution in [3.05, 3.63) is 253 Å².